The van der Waals surface area contributed by atoms with E-state index in [1.54, 1.807) is 0 Å². The van der Waals surface area contributed by atoms with E-state index < -0.39 is 0 Å². The standard InChI is InChI=1S/C17H24N2/c1-4-5-8-11-19-16(13-18-14(2)3)12-15-9-6-7-10-17(15)19/h4,6-7,9-10,12,14,18H,1,5,8,11,13H2,2-3H3. The van der Waals surface area contributed by atoms with Crippen molar-refractivity contribution in [2.75, 3.05) is 0 Å². The van der Waals surface area contributed by atoms with Crippen LogP contribution in [0.3, 0.4) is 0 Å². The van der Waals surface area contributed by atoms with Crippen molar-refractivity contribution in [2.24, 2.45) is 0 Å². The molecule has 0 atom stereocenters. The molecule has 1 heterocycles. The summed E-state index contributed by atoms with van der Waals surface area (Å²) in [5.74, 6) is 0. The number of aromatic nitrogens is 1. The van der Waals surface area contributed by atoms with E-state index in [4.69, 9.17) is 0 Å². The van der Waals surface area contributed by atoms with Gasteiger partial charge in [-0.05, 0) is 30.4 Å². The van der Waals surface area contributed by atoms with Crippen LogP contribution in [0.4, 0.5) is 0 Å². The molecule has 1 aromatic heterocycles. The first-order valence-corrected chi connectivity index (χ1v) is 7.14. The third-order valence-corrected chi connectivity index (χ3v) is 3.38. The molecule has 2 heteroatoms. The molecule has 0 unspecified atom stereocenters. The maximum absolute atomic E-state index is 3.80. The van der Waals surface area contributed by atoms with Crippen molar-refractivity contribution >= 4 is 10.9 Å². The van der Waals surface area contributed by atoms with Gasteiger partial charge in [0.1, 0.15) is 0 Å². The number of fused-ring (bicyclic) bond motifs is 1. The van der Waals surface area contributed by atoms with E-state index in [-0.39, 0.29) is 0 Å². The maximum atomic E-state index is 3.80. The number of rotatable bonds is 7. The smallest absolute Gasteiger partial charge is 0.0482 e. The van der Waals surface area contributed by atoms with Crippen molar-refractivity contribution in [3.63, 3.8) is 0 Å². The van der Waals surface area contributed by atoms with Gasteiger partial charge in [-0.1, -0.05) is 38.1 Å². The Morgan fingerprint density at radius 3 is 2.84 bits per heavy atom. The number of hydrogen-bond acceptors (Lipinski definition) is 1. The fourth-order valence-corrected chi connectivity index (χ4v) is 2.38. The van der Waals surface area contributed by atoms with E-state index >= 15 is 0 Å². The van der Waals surface area contributed by atoms with Gasteiger partial charge in [0, 0.05) is 30.3 Å². The molecule has 19 heavy (non-hydrogen) atoms. The summed E-state index contributed by atoms with van der Waals surface area (Å²) < 4.78 is 2.44. The van der Waals surface area contributed by atoms with Crippen LogP contribution in [0.2, 0.25) is 0 Å². The van der Waals surface area contributed by atoms with Gasteiger partial charge in [0.15, 0.2) is 0 Å². The Morgan fingerprint density at radius 2 is 2.11 bits per heavy atom. The normalized spacial score (nSPS) is 11.3. The highest BCUT2D eigenvalue weighted by molar-refractivity contribution is 5.81. The number of hydrogen-bond donors (Lipinski definition) is 1. The van der Waals surface area contributed by atoms with Crippen LogP contribution >= 0.6 is 0 Å². The second-order valence-electron chi connectivity index (χ2n) is 5.31. The van der Waals surface area contributed by atoms with Crippen molar-refractivity contribution in [3.05, 3.63) is 48.7 Å². The number of para-hydroxylation sites is 1. The number of nitrogens with zero attached hydrogens (tertiary/aromatic N) is 1. The third-order valence-electron chi connectivity index (χ3n) is 3.38. The Kier molecular flexibility index (Phi) is 4.80. The van der Waals surface area contributed by atoms with E-state index in [1.807, 2.05) is 6.08 Å². The molecule has 1 N–H and O–H groups in total. The SMILES string of the molecule is C=CCCCn1c(CNC(C)C)cc2ccccc21. The van der Waals surface area contributed by atoms with Crippen molar-refractivity contribution in [1.29, 1.82) is 0 Å². The number of benzene rings is 1. The van der Waals surface area contributed by atoms with E-state index in [9.17, 15) is 0 Å². The second kappa shape index (κ2) is 6.58. The minimum atomic E-state index is 0.514. The van der Waals surface area contributed by atoms with Gasteiger partial charge in [0.05, 0.1) is 0 Å². The van der Waals surface area contributed by atoms with Gasteiger partial charge in [-0.15, -0.1) is 6.58 Å². The van der Waals surface area contributed by atoms with Crippen molar-refractivity contribution in [1.82, 2.24) is 9.88 Å². The zero-order chi connectivity index (χ0) is 13.7. The molecular weight excluding hydrogens is 232 g/mol. The molecule has 0 aliphatic carbocycles. The first-order chi connectivity index (χ1) is 9.22. The van der Waals surface area contributed by atoms with E-state index in [0.29, 0.717) is 6.04 Å². The van der Waals surface area contributed by atoms with Crippen molar-refractivity contribution < 1.29 is 0 Å². The molecule has 1 aromatic carbocycles. The molecule has 0 saturated heterocycles. The molecule has 0 saturated carbocycles. The summed E-state index contributed by atoms with van der Waals surface area (Å²) in [7, 11) is 0. The highest BCUT2D eigenvalue weighted by atomic mass is 15.0. The topological polar surface area (TPSA) is 17.0 Å². The van der Waals surface area contributed by atoms with Crippen LogP contribution in [0, 0.1) is 0 Å². The molecule has 0 bridgehead atoms. The van der Waals surface area contributed by atoms with Gasteiger partial charge in [0.2, 0.25) is 0 Å². The lowest BCUT2D eigenvalue weighted by molar-refractivity contribution is 0.553. The van der Waals surface area contributed by atoms with Crippen molar-refractivity contribution in [3.8, 4) is 0 Å². The van der Waals surface area contributed by atoms with E-state index in [0.717, 1.165) is 25.9 Å². The Balaban J connectivity index is 2.26. The van der Waals surface area contributed by atoms with Gasteiger partial charge in [-0.2, -0.15) is 0 Å². The molecule has 0 fully saturated rings. The third kappa shape index (κ3) is 3.48. The lowest BCUT2D eigenvalue weighted by atomic mass is 10.2. The summed E-state index contributed by atoms with van der Waals surface area (Å²) in [6.45, 7) is 10.2. The molecule has 0 spiro atoms. The van der Waals surface area contributed by atoms with Crippen LogP contribution in [0.1, 0.15) is 32.4 Å². The van der Waals surface area contributed by atoms with Crippen LogP contribution in [0.5, 0.6) is 0 Å². The zero-order valence-corrected chi connectivity index (χ0v) is 12.0. The molecule has 0 aliphatic rings. The highest BCUT2D eigenvalue weighted by Gasteiger charge is 2.08. The van der Waals surface area contributed by atoms with Crippen LogP contribution < -0.4 is 5.32 Å². The molecule has 102 valence electrons. The molecule has 0 aliphatic heterocycles. The maximum Gasteiger partial charge on any atom is 0.0482 e. The minimum Gasteiger partial charge on any atom is -0.343 e. The summed E-state index contributed by atoms with van der Waals surface area (Å²) in [5.41, 5.74) is 2.71. The summed E-state index contributed by atoms with van der Waals surface area (Å²) in [5, 5.41) is 4.85. The Labute approximate surface area is 116 Å². The minimum absolute atomic E-state index is 0.514. The van der Waals surface area contributed by atoms with Crippen molar-refractivity contribution in [2.45, 2.75) is 45.8 Å². The quantitative estimate of drug-likeness (QED) is 0.583. The fourth-order valence-electron chi connectivity index (χ4n) is 2.38. The van der Waals surface area contributed by atoms with Gasteiger partial charge >= 0.3 is 0 Å². The predicted molar refractivity (Wildman–Crippen MR) is 83.3 cm³/mol. The molecule has 2 nitrogen and oxygen atoms in total. The van der Waals surface area contributed by atoms with Gasteiger partial charge in [-0.25, -0.2) is 0 Å². The van der Waals surface area contributed by atoms with E-state index in [1.165, 1.54) is 16.6 Å². The summed E-state index contributed by atoms with van der Waals surface area (Å²) in [6.07, 6.45) is 4.22. The highest BCUT2D eigenvalue weighted by Crippen LogP contribution is 2.20. The van der Waals surface area contributed by atoms with Crippen LogP contribution in [-0.2, 0) is 13.1 Å². The number of aryl methyl sites for hydroxylation is 1. The van der Waals surface area contributed by atoms with E-state index in [2.05, 4.69) is 60.6 Å². The van der Waals surface area contributed by atoms with Gasteiger partial charge < -0.3 is 9.88 Å². The van der Waals surface area contributed by atoms with Gasteiger partial charge in [0.25, 0.3) is 0 Å². The number of nitrogens with one attached hydrogen (secondary N) is 1. The molecule has 2 rings (SSSR count). The summed E-state index contributed by atoms with van der Waals surface area (Å²) in [6, 6.07) is 11.4. The Morgan fingerprint density at radius 1 is 1.32 bits per heavy atom. The number of unbranched alkanes of at least 4 members (excludes halogenated alkanes) is 1. The first kappa shape index (κ1) is 13.9. The summed E-state index contributed by atoms with van der Waals surface area (Å²) in [4.78, 5) is 0. The lowest BCUT2D eigenvalue weighted by Crippen LogP contribution is -2.23. The molecule has 0 radical (unpaired) electrons. The monoisotopic (exact) mass is 256 g/mol. The average molecular weight is 256 g/mol. The predicted octanol–water partition coefficient (Wildman–Crippen LogP) is 4.11. The largest absolute Gasteiger partial charge is 0.343 e. The van der Waals surface area contributed by atoms with Crippen LogP contribution in [0.15, 0.2) is 43.0 Å². The Hall–Kier alpha value is -1.54. The van der Waals surface area contributed by atoms with Crippen LogP contribution in [-0.4, -0.2) is 10.6 Å². The van der Waals surface area contributed by atoms with Crippen LogP contribution in [0.25, 0.3) is 10.9 Å². The Bertz CT molecular complexity index is 537. The summed E-state index contributed by atoms with van der Waals surface area (Å²) >= 11 is 0. The molecular formula is C17H24N2. The number of allylic oxidation sites excluding steroid dienone is 1. The molecule has 0 amide bonds. The second-order valence-corrected chi connectivity index (χ2v) is 5.31. The fraction of sp³-hybridized carbons (Fsp3) is 0.412. The first-order valence-electron chi connectivity index (χ1n) is 7.14. The van der Waals surface area contributed by atoms with Gasteiger partial charge in [-0.3, -0.25) is 0 Å². The zero-order valence-electron chi connectivity index (χ0n) is 12.0. The molecule has 2 aromatic rings. The average Bonchev–Trinajstić information content (AvgIpc) is 2.75. The lowest BCUT2D eigenvalue weighted by Gasteiger charge is -2.12.